The molecule has 1 aromatic rings. The van der Waals surface area contributed by atoms with Gasteiger partial charge in [-0.15, -0.1) is 0 Å². The van der Waals surface area contributed by atoms with Crippen LogP contribution in [0.5, 0.6) is 5.75 Å². The van der Waals surface area contributed by atoms with E-state index in [-0.39, 0.29) is 18.4 Å². The molecule has 1 amide bonds. The third kappa shape index (κ3) is 2.92. The number of rotatable bonds is 4. The van der Waals surface area contributed by atoms with Crippen molar-refractivity contribution in [1.29, 1.82) is 0 Å². The summed E-state index contributed by atoms with van der Waals surface area (Å²) in [5.74, 6) is -0.120. The SMILES string of the molecule is CC(COc1ccccc1Cl)C(N)=O. The molecule has 0 aliphatic rings. The van der Waals surface area contributed by atoms with Crippen LogP contribution in [0.1, 0.15) is 6.92 Å². The normalized spacial score (nSPS) is 12.1. The molecule has 0 aliphatic carbocycles. The first-order valence-corrected chi connectivity index (χ1v) is 4.65. The zero-order valence-electron chi connectivity index (χ0n) is 7.87. The topological polar surface area (TPSA) is 52.3 Å². The molecule has 0 fully saturated rings. The van der Waals surface area contributed by atoms with Crippen LogP contribution in [-0.2, 0) is 4.79 Å². The smallest absolute Gasteiger partial charge is 0.223 e. The van der Waals surface area contributed by atoms with E-state index in [9.17, 15) is 4.79 Å². The summed E-state index contributed by atoms with van der Waals surface area (Å²) in [5.41, 5.74) is 5.09. The Bertz CT molecular complexity index is 328. The van der Waals surface area contributed by atoms with Gasteiger partial charge in [-0.1, -0.05) is 30.7 Å². The highest BCUT2D eigenvalue weighted by atomic mass is 35.5. The molecule has 0 spiro atoms. The van der Waals surface area contributed by atoms with E-state index in [0.29, 0.717) is 10.8 Å². The summed E-state index contributed by atoms with van der Waals surface area (Å²) in [6.07, 6.45) is 0. The monoisotopic (exact) mass is 213 g/mol. The van der Waals surface area contributed by atoms with Gasteiger partial charge in [-0.25, -0.2) is 0 Å². The molecule has 0 bridgehead atoms. The zero-order chi connectivity index (χ0) is 10.6. The average Bonchev–Trinajstić information content (AvgIpc) is 2.16. The highest BCUT2D eigenvalue weighted by molar-refractivity contribution is 6.32. The van der Waals surface area contributed by atoms with Gasteiger partial charge in [0, 0.05) is 0 Å². The fourth-order valence-corrected chi connectivity index (χ4v) is 1.05. The van der Waals surface area contributed by atoms with Crippen molar-refractivity contribution in [3.8, 4) is 5.75 Å². The van der Waals surface area contributed by atoms with Gasteiger partial charge in [0.25, 0.3) is 0 Å². The molecule has 0 saturated heterocycles. The average molecular weight is 214 g/mol. The van der Waals surface area contributed by atoms with Crippen molar-refractivity contribution in [2.75, 3.05) is 6.61 Å². The summed E-state index contributed by atoms with van der Waals surface area (Å²) in [6, 6.07) is 7.10. The first-order valence-electron chi connectivity index (χ1n) is 4.28. The van der Waals surface area contributed by atoms with Crippen LogP contribution in [0.15, 0.2) is 24.3 Å². The third-order valence-electron chi connectivity index (χ3n) is 1.81. The number of hydrogen-bond acceptors (Lipinski definition) is 2. The predicted molar refractivity (Wildman–Crippen MR) is 55.3 cm³/mol. The van der Waals surface area contributed by atoms with Crippen molar-refractivity contribution in [2.24, 2.45) is 11.7 Å². The first kappa shape index (κ1) is 10.9. The second kappa shape index (κ2) is 4.86. The Morgan fingerprint density at radius 3 is 2.79 bits per heavy atom. The fourth-order valence-electron chi connectivity index (χ4n) is 0.859. The summed E-state index contributed by atoms with van der Waals surface area (Å²) in [5, 5.41) is 0.532. The predicted octanol–water partition coefficient (Wildman–Crippen LogP) is 1.84. The lowest BCUT2D eigenvalue weighted by molar-refractivity contribution is -0.122. The number of para-hydroxylation sites is 1. The molecule has 1 aromatic carbocycles. The highest BCUT2D eigenvalue weighted by Crippen LogP contribution is 2.23. The number of nitrogens with two attached hydrogens (primary N) is 1. The Hall–Kier alpha value is -1.22. The number of primary amides is 1. The van der Waals surface area contributed by atoms with E-state index in [4.69, 9.17) is 22.1 Å². The van der Waals surface area contributed by atoms with E-state index >= 15 is 0 Å². The Labute approximate surface area is 87.8 Å². The number of halogens is 1. The number of amides is 1. The van der Waals surface area contributed by atoms with Crippen molar-refractivity contribution in [2.45, 2.75) is 6.92 Å². The third-order valence-corrected chi connectivity index (χ3v) is 2.12. The molecule has 4 heteroatoms. The van der Waals surface area contributed by atoms with E-state index < -0.39 is 0 Å². The molecule has 3 nitrogen and oxygen atoms in total. The molecule has 2 N–H and O–H groups in total. The van der Waals surface area contributed by atoms with Crippen LogP contribution in [0.4, 0.5) is 0 Å². The van der Waals surface area contributed by atoms with Crippen LogP contribution < -0.4 is 10.5 Å². The van der Waals surface area contributed by atoms with Gasteiger partial charge in [0.05, 0.1) is 17.5 Å². The number of ether oxygens (including phenoxy) is 1. The molecule has 1 unspecified atom stereocenters. The van der Waals surface area contributed by atoms with Gasteiger partial charge >= 0.3 is 0 Å². The number of carbonyl (C=O) groups is 1. The quantitative estimate of drug-likeness (QED) is 0.830. The fraction of sp³-hybridized carbons (Fsp3) is 0.300. The summed E-state index contributed by atoms with van der Waals surface area (Å²) in [7, 11) is 0. The van der Waals surface area contributed by atoms with Crippen molar-refractivity contribution in [1.82, 2.24) is 0 Å². The summed E-state index contributed by atoms with van der Waals surface area (Å²) in [6.45, 7) is 1.96. The Morgan fingerprint density at radius 1 is 1.57 bits per heavy atom. The lowest BCUT2D eigenvalue weighted by Crippen LogP contribution is -2.25. The van der Waals surface area contributed by atoms with Gasteiger partial charge in [-0.05, 0) is 12.1 Å². The van der Waals surface area contributed by atoms with Gasteiger partial charge in [0.2, 0.25) is 5.91 Å². The van der Waals surface area contributed by atoms with Crippen LogP contribution >= 0.6 is 11.6 Å². The molecule has 14 heavy (non-hydrogen) atoms. The van der Waals surface area contributed by atoms with E-state index in [1.165, 1.54) is 0 Å². The second-order valence-corrected chi connectivity index (χ2v) is 3.45. The van der Waals surface area contributed by atoms with Gasteiger partial charge in [-0.2, -0.15) is 0 Å². The van der Waals surface area contributed by atoms with E-state index in [0.717, 1.165) is 0 Å². The Balaban J connectivity index is 2.54. The second-order valence-electron chi connectivity index (χ2n) is 3.04. The summed E-state index contributed by atoms with van der Waals surface area (Å²) < 4.78 is 5.33. The van der Waals surface area contributed by atoms with Crippen molar-refractivity contribution < 1.29 is 9.53 Å². The molecule has 0 aromatic heterocycles. The molecule has 1 atom stereocenters. The maximum Gasteiger partial charge on any atom is 0.223 e. The largest absolute Gasteiger partial charge is 0.491 e. The number of hydrogen-bond donors (Lipinski definition) is 1. The van der Waals surface area contributed by atoms with Gasteiger partial charge < -0.3 is 10.5 Å². The Morgan fingerprint density at radius 2 is 2.21 bits per heavy atom. The minimum absolute atomic E-state index is 0.249. The number of carbonyl (C=O) groups excluding carboxylic acids is 1. The lowest BCUT2D eigenvalue weighted by atomic mass is 10.2. The highest BCUT2D eigenvalue weighted by Gasteiger charge is 2.10. The van der Waals surface area contributed by atoms with Crippen LogP contribution in [0.2, 0.25) is 5.02 Å². The molecule has 0 aliphatic heterocycles. The van der Waals surface area contributed by atoms with Crippen molar-refractivity contribution >= 4 is 17.5 Å². The minimum atomic E-state index is -0.378. The molecule has 0 saturated carbocycles. The zero-order valence-corrected chi connectivity index (χ0v) is 8.62. The molecule has 1 rings (SSSR count). The summed E-state index contributed by atoms with van der Waals surface area (Å²) >= 11 is 5.85. The van der Waals surface area contributed by atoms with Crippen molar-refractivity contribution in [3.63, 3.8) is 0 Å². The van der Waals surface area contributed by atoms with E-state index in [1.54, 1.807) is 19.1 Å². The van der Waals surface area contributed by atoms with E-state index in [1.807, 2.05) is 12.1 Å². The maximum atomic E-state index is 10.7. The van der Waals surface area contributed by atoms with Gasteiger partial charge in [-0.3, -0.25) is 4.79 Å². The van der Waals surface area contributed by atoms with Crippen molar-refractivity contribution in [3.05, 3.63) is 29.3 Å². The molecular weight excluding hydrogens is 202 g/mol. The minimum Gasteiger partial charge on any atom is -0.491 e. The first-order chi connectivity index (χ1) is 6.61. The molecule has 0 heterocycles. The maximum absolute atomic E-state index is 10.7. The van der Waals surface area contributed by atoms with Crippen LogP contribution in [-0.4, -0.2) is 12.5 Å². The van der Waals surface area contributed by atoms with Crippen LogP contribution in [0.3, 0.4) is 0 Å². The number of benzene rings is 1. The molecule has 0 radical (unpaired) electrons. The standard InChI is InChI=1S/C10H12ClNO2/c1-7(10(12)13)6-14-9-5-3-2-4-8(9)11/h2-5,7H,6H2,1H3,(H2,12,13). The summed E-state index contributed by atoms with van der Waals surface area (Å²) in [4.78, 5) is 10.7. The Kier molecular flexibility index (Phi) is 3.77. The van der Waals surface area contributed by atoms with Gasteiger partial charge in [0.1, 0.15) is 5.75 Å². The van der Waals surface area contributed by atoms with E-state index in [2.05, 4.69) is 0 Å². The van der Waals surface area contributed by atoms with Crippen LogP contribution in [0.25, 0.3) is 0 Å². The van der Waals surface area contributed by atoms with Gasteiger partial charge in [0.15, 0.2) is 0 Å². The van der Waals surface area contributed by atoms with Crippen LogP contribution in [0, 0.1) is 5.92 Å². The lowest BCUT2D eigenvalue weighted by Gasteiger charge is -2.10. The molecular formula is C10H12ClNO2. The molecule has 76 valence electrons.